The number of benzene rings is 2. The van der Waals surface area contributed by atoms with Gasteiger partial charge in [0.1, 0.15) is 10.8 Å². The van der Waals surface area contributed by atoms with Crippen LogP contribution in [0.15, 0.2) is 36.4 Å². The summed E-state index contributed by atoms with van der Waals surface area (Å²) in [7, 11) is 0. The number of thiazole rings is 1. The molecule has 1 heterocycles. The van der Waals surface area contributed by atoms with Crippen LogP contribution in [0.25, 0.3) is 10.2 Å². The van der Waals surface area contributed by atoms with Gasteiger partial charge in [-0.3, -0.25) is 0 Å². The van der Waals surface area contributed by atoms with Crippen molar-refractivity contribution in [3.8, 4) is 0 Å². The Labute approximate surface area is 123 Å². The smallest absolute Gasteiger partial charge is 0.161 e. The standard InChI is InChI=1S/C15H11F3N2S/c1-8(15-20-12-4-2-3-5-14(12)21-15)19-13-7-10(17)9(16)6-11(13)18/h2-8,19H,1H3. The second kappa shape index (κ2) is 5.37. The summed E-state index contributed by atoms with van der Waals surface area (Å²) in [6.45, 7) is 1.79. The van der Waals surface area contributed by atoms with Crippen LogP contribution in [0.4, 0.5) is 18.9 Å². The van der Waals surface area contributed by atoms with Crippen LogP contribution in [-0.4, -0.2) is 4.98 Å². The summed E-state index contributed by atoms with van der Waals surface area (Å²) in [6.07, 6.45) is 0. The molecule has 0 saturated carbocycles. The molecule has 108 valence electrons. The van der Waals surface area contributed by atoms with Crippen LogP contribution in [-0.2, 0) is 0 Å². The average molecular weight is 308 g/mol. The number of anilines is 1. The van der Waals surface area contributed by atoms with Gasteiger partial charge in [0, 0.05) is 12.1 Å². The van der Waals surface area contributed by atoms with E-state index in [4.69, 9.17) is 0 Å². The number of para-hydroxylation sites is 1. The first-order valence-electron chi connectivity index (χ1n) is 6.31. The van der Waals surface area contributed by atoms with Crippen molar-refractivity contribution >= 4 is 27.2 Å². The third-order valence-electron chi connectivity index (χ3n) is 3.06. The van der Waals surface area contributed by atoms with Crippen LogP contribution >= 0.6 is 11.3 Å². The van der Waals surface area contributed by atoms with E-state index in [2.05, 4.69) is 10.3 Å². The molecule has 1 N–H and O–H groups in total. The van der Waals surface area contributed by atoms with Crippen molar-refractivity contribution < 1.29 is 13.2 Å². The first-order valence-corrected chi connectivity index (χ1v) is 7.13. The second-order valence-electron chi connectivity index (χ2n) is 4.63. The minimum Gasteiger partial charge on any atom is -0.374 e. The van der Waals surface area contributed by atoms with Crippen LogP contribution < -0.4 is 5.32 Å². The summed E-state index contributed by atoms with van der Waals surface area (Å²) < 4.78 is 40.7. The largest absolute Gasteiger partial charge is 0.374 e. The normalized spacial score (nSPS) is 12.6. The van der Waals surface area contributed by atoms with Crippen LogP contribution in [0.5, 0.6) is 0 Å². The molecule has 6 heteroatoms. The fourth-order valence-electron chi connectivity index (χ4n) is 2.00. The van der Waals surface area contributed by atoms with E-state index in [-0.39, 0.29) is 11.7 Å². The summed E-state index contributed by atoms with van der Waals surface area (Å²) in [6, 6.07) is 8.66. The Balaban J connectivity index is 1.89. The molecule has 0 spiro atoms. The predicted molar refractivity (Wildman–Crippen MR) is 78.0 cm³/mol. The third-order valence-corrected chi connectivity index (χ3v) is 4.28. The van der Waals surface area contributed by atoms with Gasteiger partial charge in [-0.25, -0.2) is 18.2 Å². The average Bonchev–Trinajstić information content (AvgIpc) is 2.88. The lowest BCUT2D eigenvalue weighted by atomic mass is 10.2. The van der Waals surface area contributed by atoms with Crippen molar-refractivity contribution in [2.75, 3.05) is 5.32 Å². The Morgan fingerprint density at radius 1 is 1.05 bits per heavy atom. The molecule has 0 amide bonds. The zero-order chi connectivity index (χ0) is 15.0. The maximum Gasteiger partial charge on any atom is 0.161 e. The van der Waals surface area contributed by atoms with Crippen molar-refractivity contribution in [3.63, 3.8) is 0 Å². The summed E-state index contributed by atoms with van der Waals surface area (Å²) in [5.74, 6) is -3.12. The number of fused-ring (bicyclic) bond motifs is 1. The molecule has 3 rings (SSSR count). The topological polar surface area (TPSA) is 24.9 Å². The van der Waals surface area contributed by atoms with Crippen LogP contribution in [0.2, 0.25) is 0 Å². The molecular formula is C15H11F3N2S. The number of rotatable bonds is 3. The maximum atomic E-state index is 13.6. The van der Waals surface area contributed by atoms with Crippen molar-refractivity contribution in [3.05, 3.63) is 58.9 Å². The molecule has 0 bridgehead atoms. The molecule has 0 fully saturated rings. The summed E-state index contributed by atoms with van der Waals surface area (Å²) in [5, 5.41) is 3.57. The molecule has 3 aromatic rings. The monoisotopic (exact) mass is 308 g/mol. The third kappa shape index (κ3) is 2.71. The van der Waals surface area contributed by atoms with Gasteiger partial charge in [-0.15, -0.1) is 11.3 Å². The Morgan fingerprint density at radius 3 is 2.52 bits per heavy atom. The van der Waals surface area contributed by atoms with Gasteiger partial charge in [0.15, 0.2) is 11.6 Å². The van der Waals surface area contributed by atoms with Crippen molar-refractivity contribution in [2.24, 2.45) is 0 Å². The van der Waals surface area contributed by atoms with Gasteiger partial charge in [-0.2, -0.15) is 0 Å². The SMILES string of the molecule is CC(Nc1cc(F)c(F)cc1F)c1nc2ccccc2s1. The lowest BCUT2D eigenvalue weighted by molar-refractivity contribution is 0.495. The van der Waals surface area contributed by atoms with Crippen LogP contribution in [0, 0.1) is 17.5 Å². The molecule has 0 saturated heterocycles. The number of nitrogens with zero attached hydrogens (tertiary/aromatic N) is 1. The summed E-state index contributed by atoms with van der Waals surface area (Å²) in [4.78, 5) is 4.44. The highest BCUT2D eigenvalue weighted by Gasteiger charge is 2.15. The molecule has 2 nitrogen and oxygen atoms in total. The van der Waals surface area contributed by atoms with Crippen LogP contribution in [0.3, 0.4) is 0 Å². The minimum absolute atomic E-state index is 0.0827. The second-order valence-corrected chi connectivity index (χ2v) is 5.69. The molecule has 1 aromatic heterocycles. The van der Waals surface area contributed by atoms with Crippen LogP contribution in [0.1, 0.15) is 18.0 Å². The van der Waals surface area contributed by atoms with Crippen molar-refractivity contribution in [1.29, 1.82) is 0 Å². The van der Waals surface area contributed by atoms with E-state index < -0.39 is 17.5 Å². The van der Waals surface area contributed by atoms with E-state index in [1.165, 1.54) is 11.3 Å². The van der Waals surface area contributed by atoms with Gasteiger partial charge >= 0.3 is 0 Å². The van der Waals surface area contributed by atoms with Gasteiger partial charge in [-0.1, -0.05) is 12.1 Å². The molecule has 0 aliphatic rings. The van der Waals surface area contributed by atoms with E-state index in [1.54, 1.807) is 6.92 Å². The number of hydrogen-bond donors (Lipinski definition) is 1. The van der Waals surface area contributed by atoms with Gasteiger partial charge in [-0.05, 0) is 19.1 Å². The Morgan fingerprint density at radius 2 is 1.76 bits per heavy atom. The van der Waals surface area contributed by atoms with Crippen molar-refractivity contribution in [2.45, 2.75) is 13.0 Å². The Kier molecular flexibility index (Phi) is 3.55. The van der Waals surface area contributed by atoms with E-state index in [1.807, 2.05) is 24.3 Å². The van der Waals surface area contributed by atoms with E-state index in [0.29, 0.717) is 6.07 Å². The van der Waals surface area contributed by atoms with E-state index in [9.17, 15) is 13.2 Å². The molecule has 0 radical (unpaired) electrons. The zero-order valence-electron chi connectivity index (χ0n) is 11.0. The van der Waals surface area contributed by atoms with Gasteiger partial charge in [0.25, 0.3) is 0 Å². The molecule has 0 aliphatic carbocycles. The number of halogens is 3. The summed E-state index contributed by atoms with van der Waals surface area (Å²) >= 11 is 1.47. The molecule has 1 unspecified atom stereocenters. The first kappa shape index (κ1) is 13.9. The highest BCUT2D eigenvalue weighted by Crippen LogP contribution is 2.29. The predicted octanol–water partition coefficient (Wildman–Crippen LogP) is 4.89. The minimum atomic E-state index is -1.20. The number of aromatic nitrogens is 1. The Bertz CT molecular complexity index is 768. The van der Waals surface area contributed by atoms with Crippen molar-refractivity contribution in [1.82, 2.24) is 4.98 Å². The molecule has 21 heavy (non-hydrogen) atoms. The Hall–Kier alpha value is -2.08. The highest BCUT2D eigenvalue weighted by atomic mass is 32.1. The lowest BCUT2D eigenvalue weighted by Crippen LogP contribution is -2.08. The number of nitrogens with one attached hydrogen (secondary N) is 1. The maximum absolute atomic E-state index is 13.6. The fraction of sp³-hybridized carbons (Fsp3) is 0.133. The first-order chi connectivity index (χ1) is 10.0. The molecule has 0 aliphatic heterocycles. The van der Waals surface area contributed by atoms with E-state index in [0.717, 1.165) is 21.3 Å². The number of hydrogen-bond acceptors (Lipinski definition) is 3. The molecule has 2 aromatic carbocycles. The quantitative estimate of drug-likeness (QED) is 0.697. The highest BCUT2D eigenvalue weighted by molar-refractivity contribution is 7.18. The summed E-state index contributed by atoms with van der Waals surface area (Å²) in [5.41, 5.74) is 0.776. The zero-order valence-corrected chi connectivity index (χ0v) is 11.8. The van der Waals surface area contributed by atoms with Gasteiger partial charge in [0.2, 0.25) is 0 Å². The lowest BCUT2D eigenvalue weighted by Gasteiger charge is -2.13. The van der Waals surface area contributed by atoms with E-state index >= 15 is 0 Å². The molecular weight excluding hydrogens is 297 g/mol. The fourth-order valence-corrected chi connectivity index (χ4v) is 2.97. The van der Waals surface area contributed by atoms with Gasteiger partial charge in [0.05, 0.1) is 21.9 Å². The van der Waals surface area contributed by atoms with Gasteiger partial charge < -0.3 is 5.32 Å². The molecule has 1 atom stereocenters.